The highest BCUT2D eigenvalue weighted by Gasteiger charge is 2.25. The number of amides is 3. The van der Waals surface area contributed by atoms with Crippen molar-refractivity contribution in [3.63, 3.8) is 0 Å². The highest BCUT2D eigenvalue weighted by Crippen LogP contribution is 2.08. The highest BCUT2D eigenvalue weighted by molar-refractivity contribution is 5.91. The molecule has 23 heavy (non-hydrogen) atoms. The van der Waals surface area contributed by atoms with E-state index < -0.39 is 41.4 Å². The third-order valence-corrected chi connectivity index (χ3v) is 2.52. The molecule has 0 saturated heterocycles. The van der Waals surface area contributed by atoms with Crippen LogP contribution in [0.25, 0.3) is 0 Å². The number of esters is 1. The van der Waals surface area contributed by atoms with Gasteiger partial charge >= 0.3 is 5.97 Å². The molecule has 5 N–H and O–H groups in total. The minimum atomic E-state index is -0.873. The van der Waals surface area contributed by atoms with Crippen LogP contribution in [0.4, 0.5) is 0 Å². The second-order valence-corrected chi connectivity index (χ2v) is 6.03. The third kappa shape index (κ3) is 9.46. The lowest BCUT2D eigenvalue weighted by atomic mass is 10.2. The maximum absolute atomic E-state index is 11.9. The molecule has 132 valence electrons. The molecule has 0 saturated carbocycles. The Morgan fingerprint density at radius 1 is 1.00 bits per heavy atom. The fourth-order valence-electron chi connectivity index (χ4n) is 1.40. The molecule has 0 aliphatic carbocycles. The largest absolute Gasteiger partial charge is 0.458 e. The average molecular weight is 330 g/mol. The quantitative estimate of drug-likeness (QED) is 0.415. The SMILES string of the molecule is C[C@H](NC(=O)CNC(=O)CN)C(=O)N[C@@H](C)C(=O)OC(C)(C)C. The summed E-state index contributed by atoms with van der Waals surface area (Å²) in [4.78, 5) is 46.1. The second-order valence-electron chi connectivity index (χ2n) is 6.03. The topological polar surface area (TPSA) is 140 Å². The lowest BCUT2D eigenvalue weighted by Gasteiger charge is -2.23. The molecule has 0 aromatic carbocycles. The van der Waals surface area contributed by atoms with Gasteiger partial charge in [-0.2, -0.15) is 0 Å². The Bertz CT molecular complexity index is 459. The van der Waals surface area contributed by atoms with Crippen LogP contribution in [0.5, 0.6) is 0 Å². The number of carbonyl (C=O) groups is 4. The Kier molecular flexibility index (Phi) is 8.23. The standard InChI is InChI=1S/C14H26N4O5/c1-8(17-11(20)7-16-10(19)6-15)12(21)18-9(2)13(22)23-14(3,4)5/h8-9H,6-7,15H2,1-5H3,(H,16,19)(H,17,20)(H,18,21)/t8-,9-/m0/s1. The van der Waals surface area contributed by atoms with Crippen LogP contribution in [-0.4, -0.2) is 54.5 Å². The first-order valence-corrected chi connectivity index (χ1v) is 7.25. The fourth-order valence-corrected chi connectivity index (χ4v) is 1.40. The second kappa shape index (κ2) is 9.09. The van der Waals surface area contributed by atoms with Crippen molar-refractivity contribution in [2.24, 2.45) is 5.73 Å². The van der Waals surface area contributed by atoms with Gasteiger partial charge in [0.1, 0.15) is 17.7 Å². The summed E-state index contributed by atoms with van der Waals surface area (Å²) < 4.78 is 5.14. The van der Waals surface area contributed by atoms with Gasteiger partial charge < -0.3 is 26.4 Å². The van der Waals surface area contributed by atoms with Gasteiger partial charge in [-0.1, -0.05) is 0 Å². The zero-order valence-electron chi connectivity index (χ0n) is 14.2. The van der Waals surface area contributed by atoms with E-state index >= 15 is 0 Å². The maximum atomic E-state index is 11.9. The molecule has 0 bridgehead atoms. The van der Waals surface area contributed by atoms with Crippen molar-refractivity contribution in [1.29, 1.82) is 0 Å². The smallest absolute Gasteiger partial charge is 0.328 e. The first-order valence-electron chi connectivity index (χ1n) is 7.25. The van der Waals surface area contributed by atoms with Crippen molar-refractivity contribution in [1.82, 2.24) is 16.0 Å². The molecule has 0 radical (unpaired) electrons. The van der Waals surface area contributed by atoms with E-state index in [9.17, 15) is 19.2 Å². The Hall–Kier alpha value is -2.16. The van der Waals surface area contributed by atoms with E-state index in [1.54, 1.807) is 20.8 Å². The molecular weight excluding hydrogens is 304 g/mol. The van der Waals surface area contributed by atoms with Gasteiger partial charge in [-0.3, -0.25) is 14.4 Å². The number of rotatable bonds is 7. The van der Waals surface area contributed by atoms with Gasteiger partial charge in [-0.15, -0.1) is 0 Å². The molecule has 0 spiro atoms. The summed E-state index contributed by atoms with van der Waals surface area (Å²) in [5.74, 6) is -2.13. The Morgan fingerprint density at radius 2 is 1.57 bits per heavy atom. The number of ether oxygens (including phenoxy) is 1. The molecule has 0 rings (SSSR count). The van der Waals surface area contributed by atoms with Gasteiger partial charge in [-0.05, 0) is 34.6 Å². The molecule has 0 unspecified atom stereocenters. The first-order chi connectivity index (χ1) is 10.5. The normalized spacial score (nSPS) is 13.5. The molecule has 0 heterocycles. The van der Waals surface area contributed by atoms with E-state index in [2.05, 4.69) is 16.0 Å². The number of nitrogens with one attached hydrogen (secondary N) is 3. The molecule has 0 aromatic rings. The van der Waals surface area contributed by atoms with Crippen molar-refractivity contribution in [3.05, 3.63) is 0 Å². The van der Waals surface area contributed by atoms with E-state index in [1.165, 1.54) is 13.8 Å². The van der Waals surface area contributed by atoms with E-state index in [0.29, 0.717) is 0 Å². The number of carbonyl (C=O) groups excluding carboxylic acids is 4. The molecule has 3 amide bonds. The van der Waals surface area contributed by atoms with Gasteiger partial charge in [-0.25, -0.2) is 4.79 Å². The van der Waals surface area contributed by atoms with Crippen LogP contribution in [0.15, 0.2) is 0 Å². The Morgan fingerprint density at radius 3 is 2.04 bits per heavy atom. The average Bonchev–Trinajstić information content (AvgIpc) is 2.42. The Labute approximate surface area is 135 Å². The van der Waals surface area contributed by atoms with Crippen molar-refractivity contribution in [2.75, 3.05) is 13.1 Å². The van der Waals surface area contributed by atoms with Gasteiger partial charge in [0.05, 0.1) is 13.1 Å². The van der Waals surface area contributed by atoms with Gasteiger partial charge in [0.2, 0.25) is 17.7 Å². The van der Waals surface area contributed by atoms with Crippen LogP contribution in [0.2, 0.25) is 0 Å². The summed E-state index contributed by atoms with van der Waals surface area (Å²) in [5.41, 5.74) is 4.43. The zero-order chi connectivity index (χ0) is 18.2. The molecule has 9 heteroatoms. The predicted molar refractivity (Wildman–Crippen MR) is 83.1 cm³/mol. The molecule has 2 atom stereocenters. The van der Waals surface area contributed by atoms with Crippen LogP contribution < -0.4 is 21.7 Å². The number of hydrogen-bond acceptors (Lipinski definition) is 6. The van der Waals surface area contributed by atoms with Crippen LogP contribution in [-0.2, 0) is 23.9 Å². The van der Waals surface area contributed by atoms with Crippen LogP contribution in [0.1, 0.15) is 34.6 Å². The van der Waals surface area contributed by atoms with Crippen molar-refractivity contribution in [3.8, 4) is 0 Å². The van der Waals surface area contributed by atoms with Gasteiger partial charge in [0.15, 0.2) is 0 Å². The van der Waals surface area contributed by atoms with E-state index in [0.717, 1.165) is 0 Å². The van der Waals surface area contributed by atoms with Crippen LogP contribution >= 0.6 is 0 Å². The predicted octanol–water partition coefficient (Wildman–Crippen LogP) is -1.59. The summed E-state index contributed by atoms with van der Waals surface area (Å²) in [6.07, 6.45) is 0. The maximum Gasteiger partial charge on any atom is 0.328 e. The molecule has 0 aliphatic rings. The molecule has 0 fully saturated rings. The lowest BCUT2D eigenvalue weighted by Crippen LogP contribution is -2.52. The van der Waals surface area contributed by atoms with Crippen molar-refractivity contribution >= 4 is 23.7 Å². The fraction of sp³-hybridized carbons (Fsp3) is 0.714. The summed E-state index contributed by atoms with van der Waals surface area (Å²) in [6, 6.07) is -1.72. The molecule has 0 aliphatic heterocycles. The number of hydrogen-bond donors (Lipinski definition) is 4. The Balaban J connectivity index is 4.31. The summed E-state index contributed by atoms with van der Waals surface area (Å²) in [6.45, 7) is 7.60. The highest BCUT2D eigenvalue weighted by atomic mass is 16.6. The molecular formula is C14H26N4O5. The number of nitrogens with two attached hydrogens (primary N) is 1. The minimum absolute atomic E-state index is 0.225. The van der Waals surface area contributed by atoms with Gasteiger partial charge in [0, 0.05) is 0 Å². The summed E-state index contributed by atoms with van der Waals surface area (Å²) in [7, 11) is 0. The third-order valence-electron chi connectivity index (χ3n) is 2.52. The van der Waals surface area contributed by atoms with Crippen LogP contribution in [0.3, 0.4) is 0 Å². The summed E-state index contributed by atoms with van der Waals surface area (Å²) >= 11 is 0. The molecule has 9 nitrogen and oxygen atoms in total. The monoisotopic (exact) mass is 330 g/mol. The zero-order valence-corrected chi connectivity index (χ0v) is 14.2. The minimum Gasteiger partial charge on any atom is -0.458 e. The van der Waals surface area contributed by atoms with E-state index in [-0.39, 0.29) is 13.1 Å². The first kappa shape index (κ1) is 20.8. The molecule has 0 aromatic heterocycles. The van der Waals surface area contributed by atoms with E-state index in [1.807, 2.05) is 0 Å². The van der Waals surface area contributed by atoms with Crippen molar-refractivity contribution < 1.29 is 23.9 Å². The van der Waals surface area contributed by atoms with Crippen molar-refractivity contribution in [2.45, 2.75) is 52.3 Å². The van der Waals surface area contributed by atoms with E-state index in [4.69, 9.17) is 10.5 Å². The lowest BCUT2D eigenvalue weighted by molar-refractivity contribution is -0.158. The van der Waals surface area contributed by atoms with Crippen LogP contribution in [0, 0.1) is 0 Å². The summed E-state index contributed by atoms with van der Waals surface area (Å²) in [5, 5.41) is 7.12. The van der Waals surface area contributed by atoms with Gasteiger partial charge in [0.25, 0.3) is 0 Å².